The van der Waals surface area contributed by atoms with E-state index in [1.807, 2.05) is 19.1 Å². The predicted octanol–water partition coefficient (Wildman–Crippen LogP) is 4.17. The summed E-state index contributed by atoms with van der Waals surface area (Å²) in [4.78, 5) is 36.0. The van der Waals surface area contributed by atoms with Crippen LogP contribution >= 0.6 is 11.3 Å². The zero-order valence-corrected chi connectivity index (χ0v) is 16.6. The van der Waals surface area contributed by atoms with Crippen LogP contribution in [0.4, 0.5) is 5.13 Å². The van der Waals surface area contributed by atoms with Gasteiger partial charge in [-0.25, -0.2) is 14.8 Å². The van der Waals surface area contributed by atoms with Gasteiger partial charge in [-0.1, -0.05) is 37.2 Å². The third-order valence-electron chi connectivity index (χ3n) is 3.81. The SMILES string of the molecule is CCCCCN(C(=O)c1cccc(C)n1)c1nc(C)c(C(=O)OCC)s1. The lowest BCUT2D eigenvalue weighted by atomic mass is 10.2. The van der Waals surface area contributed by atoms with Gasteiger partial charge in [0.15, 0.2) is 5.13 Å². The normalized spacial score (nSPS) is 10.6. The number of carbonyl (C=O) groups excluding carboxylic acids is 2. The highest BCUT2D eigenvalue weighted by molar-refractivity contribution is 7.17. The van der Waals surface area contributed by atoms with E-state index in [9.17, 15) is 9.59 Å². The van der Waals surface area contributed by atoms with Crippen molar-refractivity contribution in [1.29, 1.82) is 0 Å². The summed E-state index contributed by atoms with van der Waals surface area (Å²) in [6, 6.07) is 5.37. The second-order valence-corrected chi connectivity index (χ2v) is 6.94. The van der Waals surface area contributed by atoms with Crippen molar-refractivity contribution in [2.45, 2.75) is 47.0 Å². The van der Waals surface area contributed by atoms with Crippen molar-refractivity contribution in [3.63, 3.8) is 0 Å². The van der Waals surface area contributed by atoms with Crippen molar-refractivity contribution >= 4 is 28.3 Å². The second-order valence-electron chi connectivity index (χ2n) is 5.96. The van der Waals surface area contributed by atoms with Gasteiger partial charge < -0.3 is 4.74 Å². The van der Waals surface area contributed by atoms with Gasteiger partial charge >= 0.3 is 5.97 Å². The van der Waals surface area contributed by atoms with Gasteiger partial charge in [-0.05, 0) is 39.3 Å². The topological polar surface area (TPSA) is 72.4 Å². The molecule has 0 aliphatic rings. The first kappa shape index (κ1) is 20.0. The first-order valence-corrected chi connectivity index (χ1v) is 9.69. The molecule has 6 nitrogen and oxygen atoms in total. The molecule has 2 heterocycles. The van der Waals surface area contributed by atoms with Crippen molar-refractivity contribution < 1.29 is 14.3 Å². The van der Waals surface area contributed by atoms with Gasteiger partial charge in [0.2, 0.25) is 0 Å². The van der Waals surface area contributed by atoms with Crippen LogP contribution in [0, 0.1) is 13.8 Å². The summed E-state index contributed by atoms with van der Waals surface area (Å²) in [5.74, 6) is -0.600. The first-order chi connectivity index (χ1) is 12.5. The Bertz CT molecular complexity index is 773. The van der Waals surface area contributed by atoms with E-state index in [1.54, 1.807) is 24.8 Å². The molecular formula is C19H25N3O3S. The lowest BCUT2D eigenvalue weighted by molar-refractivity contribution is 0.0531. The molecule has 0 saturated heterocycles. The van der Waals surface area contributed by atoms with Crippen molar-refractivity contribution in [1.82, 2.24) is 9.97 Å². The molecule has 26 heavy (non-hydrogen) atoms. The Labute approximate surface area is 158 Å². The van der Waals surface area contributed by atoms with Crippen LogP contribution in [-0.4, -0.2) is 35.0 Å². The van der Waals surface area contributed by atoms with Gasteiger partial charge in [-0.3, -0.25) is 9.69 Å². The van der Waals surface area contributed by atoms with E-state index < -0.39 is 5.97 Å². The molecule has 1 amide bonds. The molecule has 0 saturated carbocycles. The number of rotatable bonds is 8. The maximum atomic E-state index is 13.0. The number of thiazole rings is 1. The van der Waals surface area contributed by atoms with Gasteiger partial charge in [-0.2, -0.15) is 0 Å². The van der Waals surface area contributed by atoms with Gasteiger partial charge in [0.1, 0.15) is 10.6 Å². The predicted molar refractivity (Wildman–Crippen MR) is 103 cm³/mol. The van der Waals surface area contributed by atoms with Gasteiger partial charge in [0.05, 0.1) is 12.3 Å². The number of amides is 1. The summed E-state index contributed by atoms with van der Waals surface area (Å²) in [6.07, 6.45) is 2.93. The van der Waals surface area contributed by atoms with Crippen LogP contribution in [0.25, 0.3) is 0 Å². The largest absolute Gasteiger partial charge is 0.462 e. The summed E-state index contributed by atoms with van der Waals surface area (Å²) >= 11 is 1.19. The highest BCUT2D eigenvalue weighted by atomic mass is 32.1. The molecule has 7 heteroatoms. The Morgan fingerprint density at radius 3 is 2.58 bits per heavy atom. The van der Waals surface area contributed by atoms with Crippen molar-refractivity contribution in [2.24, 2.45) is 0 Å². The van der Waals surface area contributed by atoms with Crippen LogP contribution in [0.15, 0.2) is 18.2 Å². The van der Waals surface area contributed by atoms with E-state index in [2.05, 4.69) is 16.9 Å². The Morgan fingerprint density at radius 1 is 1.15 bits per heavy atom. The Morgan fingerprint density at radius 2 is 1.92 bits per heavy atom. The van der Waals surface area contributed by atoms with Gasteiger partial charge in [-0.15, -0.1) is 0 Å². The number of esters is 1. The highest BCUT2D eigenvalue weighted by Crippen LogP contribution is 2.28. The lowest BCUT2D eigenvalue weighted by Crippen LogP contribution is -2.32. The molecule has 0 radical (unpaired) electrons. The molecule has 0 aliphatic carbocycles. The average Bonchev–Trinajstić information content (AvgIpc) is 3.00. The zero-order chi connectivity index (χ0) is 19.1. The fourth-order valence-corrected chi connectivity index (χ4v) is 3.47. The fraction of sp³-hybridized carbons (Fsp3) is 0.474. The summed E-state index contributed by atoms with van der Waals surface area (Å²) in [5, 5.41) is 0.509. The number of anilines is 1. The molecule has 2 aromatic rings. The molecule has 0 fully saturated rings. The quantitative estimate of drug-likeness (QED) is 0.511. The van der Waals surface area contributed by atoms with Crippen molar-refractivity contribution in [3.05, 3.63) is 40.2 Å². The number of nitrogens with zero attached hydrogens (tertiary/aromatic N) is 3. The molecule has 0 unspecified atom stereocenters. The van der Waals surface area contributed by atoms with E-state index in [4.69, 9.17) is 4.74 Å². The summed E-state index contributed by atoms with van der Waals surface area (Å²) < 4.78 is 5.08. The number of carbonyl (C=O) groups is 2. The molecule has 0 N–H and O–H groups in total. The van der Waals surface area contributed by atoms with Crippen molar-refractivity contribution in [2.75, 3.05) is 18.1 Å². The second kappa shape index (κ2) is 9.43. The number of ether oxygens (including phenoxy) is 1. The molecule has 0 aromatic carbocycles. The smallest absolute Gasteiger partial charge is 0.350 e. The fourth-order valence-electron chi connectivity index (χ4n) is 2.49. The number of pyridine rings is 1. The van der Waals surface area contributed by atoms with E-state index in [0.717, 1.165) is 25.0 Å². The Balaban J connectivity index is 2.34. The minimum atomic E-state index is -0.400. The third kappa shape index (κ3) is 4.88. The van der Waals surface area contributed by atoms with E-state index in [0.29, 0.717) is 34.5 Å². The molecule has 0 aliphatic heterocycles. The highest BCUT2D eigenvalue weighted by Gasteiger charge is 2.25. The molecule has 0 atom stereocenters. The summed E-state index contributed by atoms with van der Waals surface area (Å²) in [7, 11) is 0. The van der Waals surface area contributed by atoms with Crippen molar-refractivity contribution in [3.8, 4) is 0 Å². The number of hydrogen-bond donors (Lipinski definition) is 0. The molecule has 140 valence electrons. The number of unbranched alkanes of at least 4 members (excludes halogenated alkanes) is 2. The third-order valence-corrected chi connectivity index (χ3v) is 4.98. The van der Waals surface area contributed by atoms with Crippen LogP contribution in [0.1, 0.15) is 64.7 Å². The lowest BCUT2D eigenvalue weighted by Gasteiger charge is -2.19. The Kier molecular flexibility index (Phi) is 7.26. The maximum absolute atomic E-state index is 13.0. The van der Waals surface area contributed by atoms with E-state index in [1.165, 1.54) is 11.3 Å². The van der Waals surface area contributed by atoms with E-state index >= 15 is 0 Å². The number of hydrogen-bond acceptors (Lipinski definition) is 6. The molecular weight excluding hydrogens is 350 g/mol. The van der Waals surface area contributed by atoms with Crippen LogP contribution in [0.2, 0.25) is 0 Å². The number of aromatic nitrogens is 2. The Hall–Kier alpha value is -2.28. The monoisotopic (exact) mass is 375 g/mol. The summed E-state index contributed by atoms with van der Waals surface area (Å²) in [6.45, 7) is 8.33. The van der Waals surface area contributed by atoms with Crippen LogP contribution in [0.3, 0.4) is 0 Å². The molecule has 2 rings (SSSR count). The van der Waals surface area contributed by atoms with Gasteiger partial charge in [0.25, 0.3) is 5.91 Å². The van der Waals surface area contributed by atoms with Gasteiger partial charge in [0, 0.05) is 12.2 Å². The van der Waals surface area contributed by atoms with Crippen LogP contribution < -0.4 is 4.90 Å². The number of aryl methyl sites for hydroxylation is 2. The minimum absolute atomic E-state index is 0.200. The summed E-state index contributed by atoms with van der Waals surface area (Å²) in [5.41, 5.74) is 1.74. The van der Waals surface area contributed by atoms with E-state index in [-0.39, 0.29) is 5.91 Å². The first-order valence-electron chi connectivity index (χ1n) is 8.88. The maximum Gasteiger partial charge on any atom is 0.350 e. The van der Waals surface area contributed by atoms with Crippen LogP contribution in [0.5, 0.6) is 0 Å². The standard InChI is InChI=1S/C19H25N3O3S/c1-5-7-8-12-22(17(23)15-11-9-10-13(3)20-15)19-21-14(4)16(26-19)18(24)25-6-2/h9-11H,5-8,12H2,1-4H3. The average molecular weight is 375 g/mol. The van der Waals surface area contributed by atoms with Crippen LogP contribution in [-0.2, 0) is 4.74 Å². The minimum Gasteiger partial charge on any atom is -0.462 e. The molecule has 0 bridgehead atoms. The zero-order valence-electron chi connectivity index (χ0n) is 15.7. The molecule has 2 aromatic heterocycles. The molecule has 0 spiro atoms.